The summed E-state index contributed by atoms with van der Waals surface area (Å²) < 4.78 is 2.10. The fraction of sp³-hybridized carbons (Fsp3) is 0.533. The van der Waals surface area contributed by atoms with E-state index < -0.39 is 0 Å². The molecule has 1 fully saturated rings. The van der Waals surface area contributed by atoms with E-state index in [1.807, 2.05) is 0 Å². The van der Waals surface area contributed by atoms with Crippen molar-refractivity contribution in [2.24, 2.45) is 0 Å². The maximum absolute atomic E-state index is 10.1. The van der Waals surface area contributed by atoms with Crippen molar-refractivity contribution in [2.45, 2.75) is 50.7 Å². The minimum Gasteiger partial charge on any atom is -0.392 e. The lowest BCUT2D eigenvalue weighted by molar-refractivity contribution is 0.174. The highest BCUT2D eigenvalue weighted by Crippen LogP contribution is 2.28. The van der Waals surface area contributed by atoms with Crippen LogP contribution in [0.4, 0.5) is 0 Å². The lowest BCUT2D eigenvalue weighted by Gasteiger charge is -2.10. The first-order valence-corrected chi connectivity index (χ1v) is 7.99. The van der Waals surface area contributed by atoms with Crippen LogP contribution in [0.1, 0.15) is 43.0 Å². The van der Waals surface area contributed by atoms with Crippen LogP contribution in [0.25, 0.3) is 0 Å². The fourth-order valence-electron chi connectivity index (χ4n) is 2.85. The smallest absolute Gasteiger partial charge is 0.0650 e. The maximum atomic E-state index is 10.1. The van der Waals surface area contributed by atoms with Crippen molar-refractivity contribution < 1.29 is 5.11 Å². The Hall–Kier alpha value is -1.13. The van der Waals surface area contributed by atoms with Gasteiger partial charge < -0.3 is 5.11 Å². The van der Waals surface area contributed by atoms with E-state index >= 15 is 0 Å². The van der Waals surface area contributed by atoms with Crippen molar-refractivity contribution in [1.29, 1.82) is 0 Å². The molecule has 3 rings (SSSR count). The number of hydrogen-bond acceptors (Lipinski definition) is 3. The summed E-state index contributed by atoms with van der Waals surface area (Å²) in [5.74, 6) is 0. The molecule has 2 aromatic heterocycles. The van der Waals surface area contributed by atoms with Crippen LogP contribution in [-0.4, -0.2) is 21.0 Å². The van der Waals surface area contributed by atoms with Crippen LogP contribution in [-0.2, 0) is 12.8 Å². The second-order valence-corrected chi connectivity index (χ2v) is 6.20. The molecule has 102 valence electrons. The molecular weight excluding hydrogens is 256 g/mol. The molecule has 1 atom stereocenters. The number of thiophene rings is 1. The minimum atomic E-state index is -0.332. The molecule has 0 bridgehead atoms. The van der Waals surface area contributed by atoms with Crippen LogP contribution in [0.3, 0.4) is 0 Å². The van der Waals surface area contributed by atoms with Gasteiger partial charge in [-0.1, -0.05) is 12.8 Å². The lowest BCUT2D eigenvalue weighted by atomic mass is 10.1. The first-order valence-electron chi connectivity index (χ1n) is 7.04. The van der Waals surface area contributed by atoms with Crippen LogP contribution in [0.5, 0.6) is 0 Å². The largest absolute Gasteiger partial charge is 0.392 e. The molecule has 19 heavy (non-hydrogen) atoms. The van der Waals surface area contributed by atoms with Gasteiger partial charge >= 0.3 is 0 Å². The van der Waals surface area contributed by atoms with E-state index in [-0.39, 0.29) is 6.10 Å². The zero-order chi connectivity index (χ0) is 13.1. The van der Waals surface area contributed by atoms with Crippen molar-refractivity contribution in [3.8, 4) is 0 Å². The molecule has 0 saturated heterocycles. The van der Waals surface area contributed by atoms with E-state index in [1.165, 1.54) is 31.2 Å². The molecule has 0 spiro atoms. The Bertz CT molecular complexity index is 500. The number of aromatic nitrogens is 2. The van der Waals surface area contributed by atoms with Gasteiger partial charge in [-0.15, -0.1) is 0 Å². The molecule has 1 saturated carbocycles. The Morgan fingerprint density at radius 1 is 1.32 bits per heavy atom. The van der Waals surface area contributed by atoms with Gasteiger partial charge in [0.2, 0.25) is 0 Å². The Balaban J connectivity index is 1.57. The van der Waals surface area contributed by atoms with Crippen molar-refractivity contribution in [3.05, 3.63) is 40.3 Å². The molecule has 0 radical (unpaired) electrons. The number of aliphatic hydroxyl groups excluding tert-OH is 1. The van der Waals surface area contributed by atoms with Gasteiger partial charge in [0, 0.05) is 12.6 Å². The van der Waals surface area contributed by atoms with Crippen molar-refractivity contribution in [1.82, 2.24) is 9.78 Å². The van der Waals surface area contributed by atoms with Gasteiger partial charge in [-0.2, -0.15) is 16.4 Å². The third-order valence-corrected chi connectivity index (χ3v) is 4.59. The highest BCUT2D eigenvalue weighted by Gasteiger charge is 2.18. The molecule has 2 heterocycles. The molecule has 1 aliphatic carbocycles. The van der Waals surface area contributed by atoms with Gasteiger partial charge in [-0.25, -0.2) is 0 Å². The van der Waals surface area contributed by atoms with E-state index in [1.54, 1.807) is 11.3 Å². The molecule has 4 heteroatoms. The van der Waals surface area contributed by atoms with E-state index in [2.05, 4.69) is 38.9 Å². The van der Waals surface area contributed by atoms with E-state index in [0.29, 0.717) is 12.5 Å². The van der Waals surface area contributed by atoms with Crippen LogP contribution < -0.4 is 0 Å². The molecule has 2 aromatic rings. The summed E-state index contributed by atoms with van der Waals surface area (Å²) in [7, 11) is 0. The average molecular weight is 276 g/mol. The summed E-state index contributed by atoms with van der Waals surface area (Å²) in [5.41, 5.74) is 2.22. The average Bonchev–Trinajstić information content (AvgIpc) is 3.09. The summed E-state index contributed by atoms with van der Waals surface area (Å²) in [6.07, 6.45) is 8.25. The molecule has 0 amide bonds. The second-order valence-electron chi connectivity index (χ2n) is 5.42. The van der Waals surface area contributed by atoms with Crippen molar-refractivity contribution in [2.75, 3.05) is 0 Å². The monoisotopic (exact) mass is 276 g/mol. The third-order valence-electron chi connectivity index (χ3n) is 3.86. The van der Waals surface area contributed by atoms with Crippen LogP contribution >= 0.6 is 11.3 Å². The van der Waals surface area contributed by atoms with E-state index in [4.69, 9.17) is 0 Å². The highest BCUT2D eigenvalue weighted by molar-refractivity contribution is 7.07. The quantitative estimate of drug-likeness (QED) is 0.910. The molecule has 3 nitrogen and oxygen atoms in total. The predicted molar refractivity (Wildman–Crippen MR) is 77.5 cm³/mol. The molecular formula is C15H20N2OS. The summed E-state index contributed by atoms with van der Waals surface area (Å²) in [4.78, 5) is 0. The first kappa shape index (κ1) is 12.9. The summed E-state index contributed by atoms with van der Waals surface area (Å²) in [6.45, 7) is 0. The first-order chi connectivity index (χ1) is 9.31. The van der Waals surface area contributed by atoms with Crippen molar-refractivity contribution in [3.63, 3.8) is 0 Å². The van der Waals surface area contributed by atoms with Gasteiger partial charge in [0.25, 0.3) is 0 Å². The SMILES string of the molecule is OC(Cc1ccsc1)Cc1ccn(C2CCCC2)n1. The molecule has 1 N–H and O–H groups in total. The molecule has 0 aliphatic heterocycles. The second kappa shape index (κ2) is 5.88. The summed E-state index contributed by atoms with van der Waals surface area (Å²) in [6, 6.07) is 4.71. The zero-order valence-electron chi connectivity index (χ0n) is 11.0. The number of nitrogens with zero attached hydrogens (tertiary/aromatic N) is 2. The predicted octanol–water partition coefficient (Wildman–Crippen LogP) is 3.21. The van der Waals surface area contributed by atoms with Crippen LogP contribution in [0.15, 0.2) is 29.1 Å². The highest BCUT2D eigenvalue weighted by atomic mass is 32.1. The van der Waals surface area contributed by atoms with Gasteiger partial charge in [-0.05, 0) is 47.7 Å². The fourth-order valence-corrected chi connectivity index (χ4v) is 3.53. The van der Waals surface area contributed by atoms with E-state index in [9.17, 15) is 5.11 Å². The zero-order valence-corrected chi connectivity index (χ0v) is 11.9. The molecule has 1 unspecified atom stereocenters. The number of hydrogen-bond donors (Lipinski definition) is 1. The lowest BCUT2D eigenvalue weighted by Crippen LogP contribution is -2.14. The third kappa shape index (κ3) is 3.25. The molecule has 0 aromatic carbocycles. The van der Waals surface area contributed by atoms with Gasteiger partial charge in [0.1, 0.15) is 0 Å². The standard InChI is InChI=1S/C15H20N2OS/c18-15(9-12-6-8-19-11-12)10-13-5-7-17(16-13)14-3-1-2-4-14/h5-8,11,14-15,18H,1-4,9-10H2. The van der Waals surface area contributed by atoms with E-state index in [0.717, 1.165) is 12.1 Å². The van der Waals surface area contributed by atoms with Crippen LogP contribution in [0.2, 0.25) is 0 Å². The minimum absolute atomic E-state index is 0.332. The normalized spacial score (nSPS) is 17.9. The Morgan fingerprint density at radius 2 is 2.16 bits per heavy atom. The summed E-state index contributed by atoms with van der Waals surface area (Å²) >= 11 is 1.68. The Labute approximate surface area is 117 Å². The van der Waals surface area contributed by atoms with Crippen molar-refractivity contribution >= 4 is 11.3 Å². The van der Waals surface area contributed by atoms with Gasteiger partial charge in [0.15, 0.2) is 0 Å². The maximum Gasteiger partial charge on any atom is 0.0650 e. The number of rotatable bonds is 5. The number of aliphatic hydroxyl groups is 1. The summed E-state index contributed by atoms with van der Waals surface area (Å²) in [5, 5.41) is 18.9. The van der Waals surface area contributed by atoms with Gasteiger partial charge in [-0.3, -0.25) is 4.68 Å². The topological polar surface area (TPSA) is 38.0 Å². The Kier molecular flexibility index (Phi) is 3.99. The van der Waals surface area contributed by atoms with Crippen LogP contribution in [0, 0.1) is 0 Å². The Morgan fingerprint density at radius 3 is 2.89 bits per heavy atom. The molecule has 1 aliphatic rings. The van der Waals surface area contributed by atoms with Gasteiger partial charge in [0.05, 0.1) is 17.8 Å².